The van der Waals surface area contributed by atoms with Crippen LogP contribution in [0, 0.1) is 5.82 Å². The fourth-order valence-corrected chi connectivity index (χ4v) is 6.32. The van der Waals surface area contributed by atoms with Gasteiger partial charge in [0.15, 0.2) is 11.6 Å². The summed E-state index contributed by atoms with van der Waals surface area (Å²) in [5.41, 5.74) is -5.53. The lowest BCUT2D eigenvalue weighted by atomic mass is 9.92. The highest BCUT2D eigenvalue weighted by Gasteiger charge is 2.47. The van der Waals surface area contributed by atoms with Crippen molar-refractivity contribution >= 4 is 68.3 Å². The van der Waals surface area contributed by atoms with Gasteiger partial charge in [-0.15, -0.1) is 0 Å². The van der Waals surface area contributed by atoms with Crippen LogP contribution in [0.3, 0.4) is 0 Å². The maximum Gasteiger partial charge on any atom is 0.501 e. The number of amides is 4. The van der Waals surface area contributed by atoms with Gasteiger partial charge in [-0.1, -0.05) is 59.6 Å². The molecule has 1 aliphatic heterocycles. The fourth-order valence-electron chi connectivity index (χ4n) is 5.19. The van der Waals surface area contributed by atoms with Crippen molar-refractivity contribution in [2.45, 2.75) is 54.7 Å². The van der Waals surface area contributed by atoms with E-state index in [4.69, 9.17) is 28.3 Å². The van der Waals surface area contributed by atoms with Crippen molar-refractivity contribution < 1.29 is 55.1 Å². The van der Waals surface area contributed by atoms with Crippen LogP contribution in [-0.2, 0) is 37.2 Å². The molecule has 0 aromatic heterocycles. The molecule has 4 amide bonds. The fraction of sp³-hybridized carbons (Fsp3) is 0.281. The average Bonchev–Trinajstić information content (AvgIpc) is 3.08. The Kier molecular flexibility index (Phi) is 12.3. The van der Waals surface area contributed by atoms with Gasteiger partial charge in [-0.25, -0.2) is 17.6 Å². The van der Waals surface area contributed by atoms with Crippen molar-refractivity contribution in [1.82, 2.24) is 15.5 Å². The van der Waals surface area contributed by atoms with Crippen LogP contribution in [0.5, 0.6) is 0 Å². The number of benzene rings is 3. The third-order valence-corrected chi connectivity index (χ3v) is 10.1. The van der Waals surface area contributed by atoms with E-state index in [0.717, 1.165) is 23.1 Å². The van der Waals surface area contributed by atoms with E-state index in [9.17, 15) is 50.0 Å². The van der Waals surface area contributed by atoms with Crippen LogP contribution in [0.1, 0.15) is 40.7 Å². The number of alkyl halides is 3. The molecule has 1 aliphatic rings. The maximum absolute atomic E-state index is 14.7. The molecule has 0 radical (unpaired) electrons. The summed E-state index contributed by atoms with van der Waals surface area (Å²) in [6.45, 7) is -0.912. The summed E-state index contributed by atoms with van der Waals surface area (Å²) in [6, 6.07) is 9.79. The summed E-state index contributed by atoms with van der Waals surface area (Å²) >= 11 is 11.6. The second-order valence-corrected chi connectivity index (χ2v) is 13.9. The third kappa shape index (κ3) is 9.33. The van der Waals surface area contributed by atoms with Crippen molar-refractivity contribution in [3.63, 3.8) is 0 Å². The Morgan fingerprint density at radius 1 is 0.961 bits per heavy atom. The molecule has 51 heavy (non-hydrogen) atoms. The number of hydrogen-bond acceptors (Lipinski definition) is 7. The molecular weight excluding hydrogens is 747 g/mol. The number of sulfone groups is 1. The zero-order chi connectivity index (χ0) is 37.7. The molecular formula is C32H28Cl2F4N4O8S. The minimum Gasteiger partial charge on any atom is -0.465 e. The minimum absolute atomic E-state index is 0.0119. The quantitative estimate of drug-likeness (QED) is 0.111. The lowest BCUT2D eigenvalue weighted by Gasteiger charge is -2.37. The Balaban J connectivity index is 1.64. The number of Topliss-reactive ketones (excluding diaryl/α,β-unsaturated/α-hetero) is 1. The number of fused-ring (bicyclic) bond motifs is 1. The first-order valence-electron chi connectivity index (χ1n) is 14.9. The van der Waals surface area contributed by atoms with E-state index in [0.29, 0.717) is 11.6 Å². The third-order valence-electron chi connectivity index (χ3n) is 7.84. The van der Waals surface area contributed by atoms with E-state index in [1.807, 2.05) is 5.32 Å². The van der Waals surface area contributed by atoms with Gasteiger partial charge in [-0.3, -0.25) is 19.2 Å². The lowest BCUT2D eigenvalue weighted by Crippen LogP contribution is -2.56. The molecule has 272 valence electrons. The number of carbonyl (C=O) groups is 5. The van der Waals surface area contributed by atoms with Gasteiger partial charge in [-0.05, 0) is 41.8 Å². The number of nitrogens with zero attached hydrogens (tertiary/aromatic N) is 1. The summed E-state index contributed by atoms with van der Waals surface area (Å²) in [5, 5.41) is 15.0. The molecule has 0 fully saturated rings. The van der Waals surface area contributed by atoms with Crippen LogP contribution in [-0.4, -0.2) is 72.2 Å². The number of carbonyl (C=O) groups excluding carboxylic acids is 4. The van der Waals surface area contributed by atoms with E-state index in [1.54, 1.807) is 18.2 Å². The average molecular weight is 776 g/mol. The first kappa shape index (κ1) is 39.1. The van der Waals surface area contributed by atoms with E-state index in [1.165, 1.54) is 18.2 Å². The first-order valence-corrected chi connectivity index (χ1v) is 17.2. The van der Waals surface area contributed by atoms with Crippen LogP contribution in [0.15, 0.2) is 65.6 Å². The van der Waals surface area contributed by atoms with E-state index >= 15 is 0 Å². The molecule has 0 spiro atoms. The lowest BCUT2D eigenvalue weighted by molar-refractivity contribution is -0.142. The molecule has 0 saturated heterocycles. The normalized spacial score (nSPS) is 14.9. The van der Waals surface area contributed by atoms with Crippen molar-refractivity contribution in [1.29, 1.82) is 0 Å². The molecule has 4 N–H and O–H groups in total. The van der Waals surface area contributed by atoms with Gasteiger partial charge in [0.1, 0.15) is 12.1 Å². The van der Waals surface area contributed by atoms with E-state index in [2.05, 4.69) is 10.6 Å². The van der Waals surface area contributed by atoms with E-state index in [-0.39, 0.29) is 42.0 Å². The largest absolute Gasteiger partial charge is 0.501 e. The molecule has 0 saturated carbocycles. The Hall–Kier alpha value is -4.74. The number of hydrogen-bond donors (Lipinski definition) is 4. The van der Waals surface area contributed by atoms with Crippen LogP contribution >= 0.6 is 23.2 Å². The molecule has 0 aliphatic carbocycles. The van der Waals surface area contributed by atoms with Gasteiger partial charge in [0.05, 0.1) is 20.6 Å². The number of halogens is 6. The maximum atomic E-state index is 14.7. The topological polar surface area (TPSA) is 179 Å². The predicted molar refractivity (Wildman–Crippen MR) is 175 cm³/mol. The Labute approximate surface area is 298 Å². The summed E-state index contributed by atoms with van der Waals surface area (Å²) in [5.74, 6) is -4.29. The second-order valence-electron chi connectivity index (χ2n) is 11.2. The van der Waals surface area contributed by atoms with Crippen LogP contribution < -0.4 is 16.0 Å². The highest BCUT2D eigenvalue weighted by atomic mass is 35.5. The molecule has 3 aromatic carbocycles. The summed E-state index contributed by atoms with van der Waals surface area (Å²) in [6.07, 6.45) is -2.93. The Morgan fingerprint density at radius 3 is 2.29 bits per heavy atom. The summed E-state index contributed by atoms with van der Waals surface area (Å²) in [7, 11) is -5.77. The zero-order valence-electron chi connectivity index (χ0n) is 26.1. The smallest absolute Gasteiger partial charge is 0.465 e. The van der Waals surface area contributed by atoms with E-state index < -0.39 is 91.4 Å². The number of nitrogens with one attached hydrogen (secondary N) is 3. The molecule has 4 rings (SSSR count). The van der Waals surface area contributed by atoms with Crippen molar-refractivity contribution in [2.75, 3.05) is 11.9 Å². The molecule has 1 heterocycles. The Bertz CT molecular complexity index is 1970. The van der Waals surface area contributed by atoms with Crippen LogP contribution in [0.25, 0.3) is 0 Å². The van der Waals surface area contributed by atoms with Crippen molar-refractivity contribution in [2.24, 2.45) is 0 Å². The van der Waals surface area contributed by atoms with Gasteiger partial charge < -0.3 is 26.0 Å². The molecule has 2 atom stereocenters. The summed E-state index contributed by atoms with van der Waals surface area (Å²) in [4.78, 5) is 64.3. The van der Waals surface area contributed by atoms with Crippen LogP contribution in [0.4, 0.5) is 28.0 Å². The first-order chi connectivity index (χ1) is 23.9. The van der Waals surface area contributed by atoms with Gasteiger partial charge in [0.25, 0.3) is 9.84 Å². The number of anilines is 1. The Morgan fingerprint density at radius 2 is 1.65 bits per heavy atom. The van der Waals surface area contributed by atoms with Gasteiger partial charge in [-0.2, -0.15) is 13.2 Å². The molecule has 19 heteroatoms. The van der Waals surface area contributed by atoms with Crippen molar-refractivity contribution in [3.8, 4) is 0 Å². The molecule has 3 aromatic rings. The molecule has 12 nitrogen and oxygen atoms in total. The number of ketones is 1. The second kappa shape index (κ2) is 16.1. The van der Waals surface area contributed by atoms with Gasteiger partial charge >= 0.3 is 11.6 Å². The van der Waals surface area contributed by atoms with Gasteiger partial charge in [0.2, 0.25) is 17.7 Å². The monoisotopic (exact) mass is 774 g/mol. The summed E-state index contributed by atoms with van der Waals surface area (Å²) < 4.78 is 78.9. The minimum atomic E-state index is -5.77. The van der Waals surface area contributed by atoms with Crippen LogP contribution in [0.2, 0.25) is 10.0 Å². The highest BCUT2D eigenvalue weighted by molar-refractivity contribution is 7.92. The standard InChI is InChI=1S/C32H28Cl2F4N4O8S/c33-21-8-9-22(28(35)27(21)34)40-29(45)23(12-13-39-31(47)48)41-30(46)24-15-18-6-7-20(51(49,50)32(36,37)38)14-19(18)16-42(24)26(44)11-10-25(43)17-4-2-1-3-5-17/h1-9,14,23-24,39H,10-13,15-16H2,(H,40,45)(H,41,46)(H,47,48)/t23?,24-/m0/s1. The highest BCUT2D eigenvalue weighted by Crippen LogP contribution is 2.34. The van der Waals surface area contributed by atoms with Gasteiger partial charge in [0, 0.05) is 37.9 Å². The zero-order valence-corrected chi connectivity index (χ0v) is 28.4. The number of carboxylic acid groups (broad SMARTS) is 1. The number of rotatable bonds is 12. The predicted octanol–water partition coefficient (Wildman–Crippen LogP) is 5.12. The van der Waals surface area contributed by atoms with Crippen molar-refractivity contribution in [3.05, 3.63) is 93.2 Å². The molecule has 1 unspecified atom stereocenters. The SMILES string of the molecule is O=C(O)NCCC(NC(=O)[C@@H]1Cc2ccc(S(=O)(=O)C(F)(F)F)cc2CN1C(=O)CCC(=O)c1ccccc1)C(=O)Nc1ccc(Cl)c(Cl)c1F. The molecule has 0 bridgehead atoms.